The quantitative estimate of drug-likeness (QED) is 0.318. The van der Waals surface area contributed by atoms with Gasteiger partial charge in [-0.1, -0.05) is 6.08 Å². The van der Waals surface area contributed by atoms with E-state index in [0.29, 0.717) is 0 Å². The second-order valence-corrected chi connectivity index (χ2v) is 0.408. The first-order valence-corrected chi connectivity index (χ1v) is 0.986. The van der Waals surface area contributed by atoms with Gasteiger partial charge in [0.05, 0.1) is 0 Å². The zero-order chi connectivity index (χ0) is 2.71. The molecule has 3 radical (unpaired) electrons. The van der Waals surface area contributed by atoms with Gasteiger partial charge in [0, 0.05) is 110 Å². The maximum Gasteiger partial charge on any atom is 0 e. The molecule has 0 saturated heterocycles. The largest absolute Gasteiger partial charge is 0.103 e. The molecule has 6 heavy (non-hydrogen) atoms. The Bertz CT molecular complexity index is 16.3. The summed E-state index contributed by atoms with van der Waals surface area (Å²) in [5.74, 6) is 0. The zero-order valence-electron chi connectivity index (χ0n) is 5.28. The molecule has 21 valence electrons. The van der Waals surface area contributed by atoms with E-state index < -0.39 is 0 Å². The fraction of sp³-hybridized carbons (Fsp3) is 0.333. The molecule has 0 aromatic heterocycles. The van der Waals surface area contributed by atoms with E-state index in [2.05, 4.69) is 6.58 Å². The Kier molecular flexibility index (Phi) is 90.3. The first kappa shape index (κ1) is 22.8. The van der Waals surface area contributed by atoms with E-state index in [1.807, 2.05) is 6.92 Å². The van der Waals surface area contributed by atoms with Crippen LogP contribution in [0.1, 0.15) is 6.92 Å². The molecule has 0 amide bonds. The smallest absolute Gasteiger partial charge is 0 e. The van der Waals surface area contributed by atoms with Crippen LogP contribution in [0.3, 0.4) is 0 Å². The van der Waals surface area contributed by atoms with Gasteiger partial charge in [0.15, 0.2) is 0 Å². The summed E-state index contributed by atoms with van der Waals surface area (Å²) >= 11 is 0. The predicted molar refractivity (Wildman–Crippen MR) is 33.1 cm³/mol. The van der Waals surface area contributed by atoms with E-state index in [9.17, 15) is 0 Å². The summed E-state index contributed by atoms with van der Waals surface area (Å²) in [5.41, 5.74) is 0. The fourth-order valence-corrected chi connectivity index (χ4v) is 0. The first-order chi connectivity index (χ1) is 1.41. The molecule has 0 unspecified atom stereocenters. The molecule has 0 aliphatic carbocycles. The van der Waals surface area contributed by atoms with Crippen molar-refractivity contribution >= 4 is 110 Å². The van der Waals surface area contributed by atoms with Crippen molar-refractivity contribution in [2.45, 2.75) is 6.92 Å². The predicted octanol–water partition coefficient (Wildman–Crippen LogP) is 0.0499. The van der Waals surface area contributed by atoms with Gasteiger partial charge in [-0.15, -0.1) is 6.58 Å². The molecule has 0 aliphatic heterocycles. The molecule has 0 nitrogen and oxygen atoms in total. The van der Waals surface area contributed by atoms with E-state index in [0.717, 1.165) is 0 Å². The van der Waals surface area contributed by atoms with Gasteiger partial charge in [0.1, 0.15) is 0 Å². The molecule has 0 aromatic carbocycles. The van der Waals surface area contributed by atoms with Crippen molar-refractivity contribution in [1.82, 2.24) is 0 Å². The number of hydrogen-bond donors (Lipinski definition) is 0. The summed E-state index contributed by atoms with van der Waals surface area (Å²) in [5, 5.41) is 0. The SMILES string of the molecule is C=CC.[K].[Na].[Na]. The standard InChI is InChI=1S/C3H6.K.2Na/c1-3-2;;;/h3H,1H2,2H3;;;. The minimum atomic E-state index is 0. The summed E-state index contributed by atoms with van der Waals surface area (Å²) in [6.45, 7) is 5.25. The molecule has 0 spiro atoms. The second kappa shape index (κ2) is 23.8. The van der Waals surface area contributed by atoms with Crippen molar-refractivity contribution in [3.8, 4) is 0 Å². The van der Waals surface area contributed by atoms with E-state index in [4.69, 9.17) is 0 Å². The van der Waals surface area contributed by atoms with Gasteiger partial charge in [-0.25, -0.2) is 0 Å². The minimum absolute atomic E-state index is 0. The van der Waals surface area contributed by atoms with Gasteiger partial charge in [0.25, 0.3) is 0 Å². The van der Waals surface area contributed by atoms with Crippen molar-refractivity contribution in [3.05, 3.63) is 12.7 Å². The zero-order valence-corrected chi connectivity index (χ0v) is 12.4. The van der Waals surface area contributed by atoms with E-state index in [1.54, 1.807) is 6.08 Å². The van der Waals surface area contributed by atoms with Gasteiger partial charge < -0.3 is 0 Å². The van der Waals surface area contributed by atoms with Crippen LogP contribution in [0.5, 0.6) is 0 Å². The number of allylic oxidation sites excluding steroid dienone is 1. The Morgan fingerprint density at radius 3 is 1.33 bits per heavy atom. The van der Waals surface area contributed by atoms with E-state index in [-0.39, 0.29) is 110 Å². The fourth-order valence-electron chi connectivity index (χ4n) is 0. The number of hydrogen-bond acceptors (Lipinski definition) is 0. The van der Waals surface area contributed by atoms with Crippen LogP contribution in [0, 0.1) is 0 Å². The van der Waals surface area contributed by atoms with Crippen LogP contribution in [0.4, 0.5) is 0 Å². The van der Waals surface area contributed by atoms with Crippen LogP contribution in [-0.2, 0) is 0 Å². The van der Waals surface area contributed by atoms with Crippen molar-refractivity contribution in [2.75, 3.05) is 0 Å². The molecule has 3 heteroatoms. The molecule has 0 bridgehead atoms. The molecular weight excluding hydrogens is 121 g/mol. The topological polar surface area (TPSA) is 0 Å². The molecule has 0 heterocycles. The summed E-state index contributed by atoms with van der Waals surface area (Å²) in [7, 11) is 0. The molecule has 0 rings (SSSR count). The average molecular weight is 127 g/mol. The third-order valence-electron chi connectivity index (χ3n) is 0. The van der Waals surface area contributed by atoms with Gasteiger partial charge in [-0.2, -0.15) is 0 Å². The molecule has 0 saturated carbocycles. The molecule has 0 aromatic rings. The third-order valence-corrected chi connectivity index (χ3v) is 0. The van der Waals surface area contributed by atoms with Gasteiger partial charge in [-0.3, -0.25) is 0 Å². The Balaban J connectivity index is -0.00000000667. The molecule has 0 N–H and O–H groups in total. The average Bonchev–Trinajstić information content (AvgIpc) is 0.918. The van der Waals surface area contributed by atoms with Crippen molar-refractivity contribution in [3.63, 3.8) is 0 Å². The Morgan fingerprint density at radius 1 is 1.33 bits per heavy atom. The third kappa shape index (κ3) is 26.3. The van der Waals surface area contributed by atoms with Crippen LogP contribution in [-0.4, -0.2) is 110 Å². The molecule has 0 atom stereocenters. The summed E-state index contributed by atoms with van der Waals surface area (Å²) in [4.78, 5) is 0. The van der Waals surface area contributed by atoms with E-state index in [1.165, 1.54) is 0 Å². The van der Waals surface area contributed by atoms with Crippen molar-refractivity contribution in [2.24, 2.45) is 0 Å². The van der Waals surface area contributed by atoms with Gasteiger partial charge in [0.2, 0.25) is 0 Å². The van der Waals surface area contributed by atoms with Crippen LogP contribution in [0.2, 0.25) is 0 Å². The number of rotatable bonds is 0. The van der Waals surface area contributed by atoms with Gasteiger partial charge >= 0.3 is 0 Å². The summed E-state index contributed by atoms with van der Waals surface area (Å²) in [6, 6.07) is 0. The van der Waals surface area contributed by atoms with Crippen molar-refractivity contribution in [1.29, 1.82) is 0 Å². The normalized spacial score (nSPS) is 2.17. The Labute approximate surface area is 127 Å². The van der Waals surface area contributed by atoms with E-state index >= 15 is 0 Å². The maximum absolute atomic E-state index is 3.36. The molecular formula is C3H6KNa2. The molecule has 0 aliphatic rings. The minimum Gasteiger partial charge on any atom is -0.103 e. The van der Waals surface area contributed by atoms with Crippen LogP contribution >= 0.6 is 0 Å². The van der Waals surface area contributed by atoms with Crippen molar-refractivity contribution < 1.29 is 0 Å². The summed E-state index contributed by atoms with van der Waals surface area (Å²) in [6.07, 6.45) is 1.75. The monoisotopic (exact) mass is 127 g/mol. The second-order valence-electron chi connectivity index (χ2n) is 0.408. The Hall–Kier alpha value is 3.38. The summed E-state index contributed by atoms with van der Waals surface area (Å²) < 4.78 is 0. The van der Waals surface area contributed by atoms with Crippen LogP contribution in [0.25, 0.3) is 0 Å². The van der Waals surface area contributed by atoms with Gasteiger partial charge in [-0.05, 0) is 6.92 Å². The van der Waals surface area contributed by atoms with Crippen LogP contribution in [0.15, 0.2) is 12.7 Å². The Morgan fingerprint density at radius 2 is 1.33 bits per heavy atom. The maximum atomic E-state index is 3.36. The first-order valence-electron chi connectivity index (χ1n) is 0.986. The molecule has 0 fully saturated rings. The van der Waals surface area contributed by atoms with Crippen LogP contribution < -0.4 is 0 Å².